The maximum absolute atomic E-state index is 12.9. The van der Waals surface area contributed by atoms with Crippen LogP contribution in [0.3, 0.4) is 0 Å². The van der Waals surface area contributed by atoms with Crippen molar-refractivity contribution in [3.05, 3.63) is 48.6 Å². The van der Waals surface area contributed by atoms with Gasteiger partial charge < -0.3 is 14.2 Å². The van der Waals surface area contributed by atoms with Crippen LogP contribution in [0.15, 0.2) is 48.6 Å². The van der Waals surface area contributed by atoms with Gasteiger partial charge in [0.05, 0.1) is 0 Å². The third-order valence-electron chi connectivity index (χ3n) is 16.6. The summed E-state index contributed by atoms with van der Waals surface area (Å²) in [5, 5.41) is 0. The molecule has 0 saturated heterocycles. The SMILES string of the molecule is CC/C=C\C/C=C\C/C=C\C/C=C\CCCCCCCCCCCCCCCCCCCCCCC(=O)OCC(COC(=O)CCCCCCCCCCCCCCCCC)OC(=O)CCCCCCCCCCCCCCCCCC. The molecule has 0 bridgehead atoms. The molecule has 0 radical (unpaired) electrons. The Morgan fingerprint density at radius 2 is 0.476 bits per heavy atom. The van der Waals surface area contributed by atoms with Gasteiger partial charge in [-0.15, -0.1) is 0 Å². The maximum atomic E-state index is 12.9. The molecule has 0 amide bonds. The smallest absolute Gasteiger partial charge is 0.306 e. The van der Waals surface area contributed by atoms with Crippen molar-refractivity contribution in [3.8, 4) is 0 Å². The van der Waals surface area contributed by atoms with E-state index in [0.29, 0.717) is 19.3 Å². The van der Waals surface area contributed by atoms with Gasteiger partial charge in [0.15, 0.2) is 6.10 Å². The van der Waals surface area contributed by atoms with Gasteiger partial charge in [-0.3, -0.25) is 14.4 Å². The Bertz CT molecular complexity index is 1410. The first-order valence-corrected chi connectivity index (χ1v) is 36.6. The van der Waals surface area contributed by atoms with Gasteiger partial charge in [-0.05, 0) is 57.8 Å². The van der Waals surface area contributed by atoms with E-state index in [-0.39, 0.29) is 31.1 Å². The molecule has 0 aromatic carbocycles. The van der Waals surface area contributed by atoms with E-state index in [9.17, 15) is 14.4 Å². The molecule has 0 N–H and O–H groups in total. The minimum atomic E-state index is -0.767. The maximum Gasteiger partial charge on any atom is 0.306 e. The number of esters is 3. The highest BCUT2D eigenvalue weighted by molar-refractivity contribution is 5.71. The fraction of sp³-hybridized carbons (Fsp3) is 0.855. The predicted octanol–water partition coefficient (Wildman–Crippen LogP) is 25.3. The minimum Gasteiger partial charge on any atom is -0.462 e. The quantitative estimate of drug-likeness (QED) is 0.0261. The van der Waals surface area contributed by atoms with Crippen LogP contribution in [-0.4, -0.2) is 37.2 Å². The molecule has 1 unspecified atom stereocenters. The third kappa shape index (κ3) is 68.2. The summed E-state index contributed by atoms with van der Waals surface area (Å²) >= 11 is 0. The van der Waals surface area contributed by atoms with Crippen LogP contribution in [0.25, 0.3) is 0 Å². The third-order valence-corrected chi connectivity index (χ3v) is 16.6. The van der Waals surface area contributed by atoms with Crippen LogP contribution in [-0.2, 0) is 28.6 Å². The second-order valence-electron chi connectivity index (χ2n) is 24.8. The zero-order valence-corrected chi connectivity index (χ0v) is 55.3. The molecule has 480 valence electrons. The zero-order valence-electron chi connectivity index (χ0n) is 55.3. The van der Waals surface area contributed by atoms with E-state index in [1.54, 1.807) is 0 Å². The van der Waals surface area contributed by atoms with Gasteiger partial charge in [-0.2, -0.15) is 0 Å². The second-order valence-corrected chi connectivity index (χ2v) is 24.8. The monoisotopic (exact) mass is 1150 g/mol. The summed E-state index contributed by atoms with van der Waals surface area (Å²) in [6, 6.07) is 0. The van der Waals surface area contributed by atoms with Crippen molar-refractivity contribution in [2.24, 2.45) is 0 Å². The van der Waals surface area contributed by atoms with Crippen molar-refractivity contribution in [1.29, 1.82) is 0 Å². The lowest BCUT2D eigenvalue weighted by atomic mass is 10.0. The van der Waals surface area contributed by atoms with E-state index >= 15 is 0 Å². The van der Waals surface area contributed by atoms with Crippen molar-refractivity contribution < 1.29 is 28.6 Å². The standard InChI is InChI=1S/C76H140O6/c1-4-7-10-13-16-19-22-25-28-30-31-32-33-34-35-36-37-38-39-40-41-42-43-44-45-46-49-51-54-57-60-63-66-69-75(78)81-72-73(71-80-74(77)68-65-62-59-56-53-50-47-27-24-21-18-15-12-9-6-3)82-76(79)70-67-64-61-58-55-52-48-29-26-23-20-17-14-11-8-5-2/h7,10,16,19,25,28,31-32,73H,4-6,8-9,11-15,17-18,20-24,26-27,29-30,33-72H2,1-3H3/b10-7-,19-16-,28-25-,32-31-. The molecule has 0 aliphatic heterocycles. The molecule has 0 heterocycles. The van der Waals surface area contributed by atoms with Gasteiger partial charge in [0.2, 0.25) is 0 Å². The summed E-state index contributed by atoms with van der Waals surface area (Å²) in [5.41, 5.74) is 0. The van der Waals surface area contributed by atoms with Gasteiger partial charge in [0, 0.05) is 19.3 Å². The fourth-order valence-electron chi connectivity index (χ4n) is 11.1. The largest absolute Gasteiger partial charge is 0.462 e. The van der Waals surface area contributed by atoms with Crippen molar-refractivity contribution in [2.75, 3.05) is 13.2 Å². The number of ether oxygens (including phenoxy) is 3. The normalized spacial score (nSPS) is 12.3. The first kappa shape index (κ1) is 79.4. The molecule has 82 heavy (non-hydrogen) atoms. The number of carbonyl (C=O) groups is 3. The summed E-state index contributed by atoms with van der Waals surface area (Å²) in [5.74, 6) is -0.830. The van der Waals surface area contributed by atoms with Gasteiger partial charge in [0.25, 0.3) is 0 Å². The number of hydrogen-bond donors (Lipinski definition) is 0. The van der Waals surface area contributed by atoms with E-state index in [1.807, 2.05) is 0 Å². The molecule has 0 spiro atoms. The molecule has 0 aromatic heterocycles. The lowest BCUT2D eigenvalue weighted by molar-refractivity contribution is -0.167. The highest BCUT2D eigenvalue weighted by Gasteiger charge is 2.19. The van der Waals surface area contributed by atoms with Gasteiger partial charge >= 0.3 is 17.9 Å². The Morgan fingerprint density at radius 1 is 0.256 bits per heavy atom. The molecule has 0 aromatic rings. The molecule has 0 fully saturated rings. The average Bonchev–Trinajstić information content (AvgIpc) is 3.47. The first-order valence-electron chi connectivity index (χ1n) is 36.6. The van der Waals surface area contributed by atoms with Crippen LogP contribution in [0.5, 0.6) is 0 Å². The number of hydrogen-bond acceptors (Lipinski definition) is 6. The van der Waals surface area contributed by atoms with Crippen molar-refractivity contribution in [1.82, 2.24) is 0 Å². The summed E-state index contributed by atoms with van der Waals surface area (Å²) in [4.78, 5) is 38.4. The molecule has 0 aliphatic rings. The molecule has 0 rings (SSSR count). The van der Waals surface area contributed by atoms with Crippen LogP contribution in [0, 0.1) is 0 Å². The highest BCUT2D eigenvalue weighted by Crippen LogP contribution is 2.19. The zero-order chi connectivity index (χ0) is 59.2. The molecular formula is C76H140O6. The fourth-order valence-corrected chi connectivity index (χ4v) is 11.1. The Hall–Kier alpha value is -2.63. The second kappa shape index (κ2) is 70.9. The first-order chi connectivity index (χ1) is 40.5. The average molecular weight is 1150 g/mol. The minimum absolute atomic E-state index is 0.0641. The van der Waals surface area contributed by atoms with Crippen molar-refractivity contribution >= 4 is 17.9 Å². The lowest BCUT2D eigenvalue weighted by Gasteiger charge is -2.18. The number of allylic oxidation sites excluding steroid dienone is 8. The Labute approximate surface area is 511 Å². The predicted molar refractivity (Wildman–Crippen MR) is 358 cm³/mol. The molecule has 0 saturated carbocycles. The molecular weight excluding hydrogens is 1010 g/mol. The lowest BCUT2D eigenvalue weighted by Crippen LogP contribution is -2.30. The Kier molecular flexibility index (Phi) is 68.6. The van der Waals surface area contributed by atoms with E-state index in [2.05, 4.69) is 69.4 Å². The van der Waals surface area contributed by atoms with Crippen LogP contribution in [0.4, 0.5) is 0 Å². The summed E-state index contributed by atoms with van der Waals surface area (Å²) in [6.45, 7) is 6.61. The number of carbonyl (C=O) groups excluding carboxylic acids is 3. The van der Waals surface area contributed by atoms with Crippen LogP contribution in [0.2, 0.25) is 0 Å². The van der Waals surface area contributed by atoms with Gasteiger partial charge in [-0.1, -0.05) is 371 Å². The molecule has 1 atom stereocenters. The molecule has 0 aliphatic carbocycles. The van der Waals surface area contributed by atoms with Gasteiger partial charge in [-0.25, -0.2) is 0 Å². The van der Waals surface area contributed by atoms with E-state index in [1.165, 1.54) is 276 Å². The number of unbranched alkanes of at least 4 members (excludes halogenated alkanes) is 49. The van der Waals surface area contributed by atoms with E-state index < -0.39 is 6.10 Å². The summed E-state index contributed by atoms with van der Waals surface area (Å²) in [6.07, 6.45) is 90.1. The van der Waals surface area contributed by atoms with Crippen LogP contribution < -0.4 is 0 Å². The summed E-state index contributed by atoms with van der Waals surface area (Å²) in [7, 11) is 0. The van der Waals surface area contributed by atoms with Crippen LogP contribution >= 0.6 is 0 Å². The highest BCUT2D eigenvalue weighted by atomic mass is 16.6. The Balaban J connectivity index is 4.12. The molecule has 6 nitrogen and oxygen atoms in total. The Morgan fingerprint density at radius 3 is 0.744 bits per heavy atom. The number of rotatable bonds is 68. The summed E-state index contributed by atoms with van der Waals surface area (Å²) < 4.78 is 17.0. The molecule has 6 heteroatoms. The van der Waals surface area contributed by atoms with E-state index in [4.69, 9.17) is 14.2 Å². The van der Waals surface area contributed by atoms with Crippen molar-refractivity contribution in [2.45, 2.75) is 406 Å². The topological polar surface area (TPSA) is 78.9 Å². The van der Waals surface area contributed by atoms with E-state index in [0.717, 1.165) is 83.5 Å². The van der Waals surface area contributed by atoms with Crippen molar-refractivity contribution in [3.63, 3.8) is 0 Å². The van der Waals surface area contributed by atoms with Crippen LogP contribution in [0.1, 0.15) is 400 Å². The van der Waals surface area contributed by atoms with Gasteiger partial charge in [0.1, 0.15) is 13.2 Å².